The van der Waals surface area contributed by atoms with E-state index in [4.69, 9.17) is 4.74 Å². The van der Waals surface area contributed by atoms with Gasteiger partial charge in [0.1, 0.15) is 11.6 Å². The summed E-state index contributed by atoms with van der Waals surface area (Å²) in [5.74, 6) is -0.0970. The second-order valence-corrected chi connectivity index (χ2v) is 8.06. The summed E-state index contributed by atoms with van der Waals surface area (Å²) in [7, 11) is 0. The van der Waals surface area contributed by atoms with Crippen LogP contribution in [0.5, 0.6) is 5.75 Å². The smallest absolute Gasteiger partial charge is 0.133 e. The van der Waals surface area contributed by atoms with Crippen molar-refractivity contribution in [1.82, 2.24) is 4.98 Å². The van der Waals surface area contributed by atoms with E-state index < -0.39 is 0 Å². The minimum Gasteiger partial charge on any atom is -0.508 e. The molecule has 164 valence electrons. The summed E-state index contributed by atoms with van der Waals surface area (Å²) in [6.07, 6.45) is 12.6. The van der Waals surface area contributed by atoms with Gasteiger partial charge < -0.3 is 9.84 Å². The van der Waals surface area contributed by atoms with E-state index in [2.05, 4.69) is 24.9 Å². The molecule has 0 saturated heterocycles. The molecular weight excluding hydrogens is 389 g/mol. The van der Waals surface area contributed by atoms with Gasteiger partial charge in [0, 0.05) is 23.8 Å². The predicted octanol–water partition coefficient (Wildman–Crippen LogP) is 7.53. The third kappa shape index (κ3) is 6.90. The van der Waals surface area contributed by atoms with Crippen molar-refractivity contribution in [1.29, 1.82) is 0 Å². The van der Waals surface area contributed by atoms with Crippen LogP contribution in [0, 0.1) is 5.82 Å². The maximum atomic E-state index is 14.7. The first-order chi connectivity index (χ1) is 15.1. The van der Waals surface area contributed by atoms with E-state index in [9.17, 15) is 9.50 Å². The van der Waals surface area contributed by atoms with Gasteiger partial charge in [0.05, 0.1) is 11.8 Å². The van der Waals surface area contributed by atoms with Crippen LogP contribution in [0.1, 0.15) is 57.9 Å². The summed E-state index contributed by atoms with van der Waals surface area (Å²) in [6.45, 7) is 5.18. The maximum absolute atomic E-state index is 14.7. The fraction of sp³-hybridized carbons (Fsp3) is 0.370. The summed E-state index contributed by atoms with van der Waals surface area (Å²) in [4.78, 5) is 4.36. The van der Waals surface area contributed by atoms with Gasteiger partial charge in [0.2, 0.25) is 0 Å². The van der Waals surface area contributed by atoms with Gasteiger partial charge in [-0.2, -0.15) is 0 Å². The molecule has 4 heteroatoms. The van der Waals surface area contributed by atoms with E-state index in [-0.39, 0.29) is 11.6 Å². The Bertz CT molecular complexity index is 1020. The number of aromatic nitrogens is 1. The Morgan fingerprint density at radius 3 is 2.74 bits per heavy atom. The third-order valence-corrected chi connectivity index (χ3v) is 5.42. The summed E-state index contributed by atoms with van der Waals surface area (Å²) in [6, 6.07) is 12.2. The average molecular weight is 422 g/mol. The number of nitrogens with zero attached hydrogens (tertiary/aromatic N) is 1. The monoisotopic (exact) mass is 421 g/mol. The number of allylic oxidation sites excluding steroid dienone is 1. The van der Waals surface area contributed by atoms with Crippen LogP contribution in [0.3, 0.4) is 0 Å². The molecule has 0 spiro atoms. The van der Waals surface area contributed by atoms with Crippen LogP contribution >= 0.6 is 0 Å². The minimum atomic E-state index is -0.290. The lowest BCUT2D eigenvalue weighted by atomic mass is 10.0. The molecule has 3 nitrogen and oxygen atoms in total. The zero-order valence-electron chi connectivity index (χ0n) is 18.5. The van der Waals surface area contributed by atoms with Crippen LogP contribution in [0.25, 0.3) is 28.1 Å². The Hall–Kier alpha value is -2.72. The molecule has 1 N–H and O–H groups in total. The largest absolute Gasteiger partial charge is 0.508 e. The fourth-order valence-corrected chi connectivity index (χ4v) is 3.58. The highest BCUT2D eigenvalue weighted by Crippen LogP contribution is 2.27. The van der Waals surface area contributed by atoms with Gasteiger partial charge in [-0.25, -0.2) is 4.39 Å². The van der Waals surface area contributed by atoms with Gasteiger partial charge in [-0.15, -0.1) is 0 Å². The first-order valence-corrected chi connectivity index (χ1v) is 11.2. The number of fused-ring (bicyclic) bond motifs is 1. The minimum absolute atomic E-state index is 0.193. The molecule has 1 atom stereocenters. The number of hydrogen-bond acceptors (Lipinski definition) is 3. The van der Waals surface area contributed by atoms with Crippen LogP contribution in [0.2, 0.25) is 0 Å². The lowest BCUT2D eigenvalue weighted by molar-refractivity contribution is 0.0566. The molecule has 0 fully saturated rings. The normalized spacial score (nSPS) is 12.6. The zero-order valence-corrected chi connectivity index (χ0v) is 18.5. The van der Waals surface area contributed by atoms with Gasteiger partial charge in [0.15, 0.2) is 0 Å². The summed E-state index contributed by atoms with van der Waals surface area (Å²) in [5.41, 5.74) is 1.90. The van der Waals surface area contributed by atoms with Gasteiger partial charge in [-0.05, 0) is 73.9 Å². The molecule has 3 aromatic rings. The third-order valence-electron chi connectivity index (χ3n) is 5.42. The molecule has 1 unspecified atom stereocenters. The van der Waals surface area contributed by atoms with Gasteiger partial charge in [0.25, 0.3) is 0 Å². The van der Waals surface area contributed by atoms with E-state index in [1.165, 1.54) is 12.8 Å². The number of phenols is 1. The summed E-state index contributed by atoms with van der Waals surface area (Å²) >= 11 is 0. The van der Waals surface area contributed by atoms with E-state index in [0.717, 1.165) is 48.6 Å². The van der Waals surface area contributed by atoms with E-state index in [1.807, 2.05) is 24.3 Å². The molecule has 1 heterocycles. The van der Waals surface area contributed by atoms with Crippen molar-refractivity contribution in [3.05, 3.63) is 66.1 Å². The number of benzene rings is 2. The summed E-state index contributed by atoms with van der Waals surface area (Å²) < 4.78 is 20.5. The number of aromatic hydroxyl groups is 1. The molecule has 0 aliphatic heterocycles. The number of unbranched alkanes of at least 4 members (excludes halogenated alkanes) is 3. The van der Waals surface area contributed by atoms with E-state index in [1.54, 1.807) is 30.5 Å². The van der Waals surface area contributed by atoms with Crippen molar-refractivity contribution >= 4 is 16.8 Å². The number of ether oxygens (including phenoxy) is 1. The number of halogens is 1. The van der Waals surface area contributed by atoms with Crippen LogP contribution in [0.15, 0.2) is 54.7 Å². The average Bonchev–Trinajstić information content (AvgIpc) is 2.76. The topological polar surface area (TPSA) is 42.4 Å². The highest BCUT2D eigenvalue weighted by atomic mass is 19.1. The number of phenolic OH excluding ortho intramolecular Hbond substituents is 1. The van der Waals surface area contributed by atoms with E-state index >= 15 is 0 Å². The SMILES string of the molecule is CCCCCOC(C)CCC/C=C/c1ccc(-c2cc3ccc(O)cc3cn2)c(F)c1. The van der Waals surface area contributed by atoms with Crippen molar-refractivity contribution in [3.8, 4) is 17.0 Å². The van der Waals surface area contributed by atoms with Crippen molar-refractivity contribution in [2.45, 2.75) is 58.5 Å². The van der Waals surface area contributed by atoms with Crippen molar-refractivity contribution < 1.29 is 14.2 Å². The van der Waals surface area contributed by atoms with E-state index in [0.29, 0.717) is 17.4 Å². The van der Waals surface area contributed by atoms with Crippen molar-refractivity contribution in [2.75, 3.05) is 6.61 Å². The van der Waals surface area contributed by atoms with Crippen LogP contribution in [-0.4, -0.2) is 22.8 Å². The van der Waals surface area contributed by atoms with Gasteiger partial charge in [-0.1, -0.05) is 44.1 Å². The second-order valence-electron chi connectivity index (χ2n) is 8.06. The van der Waals surface area contributed by atoms with Crippen LogP contribution in [0.4, 0.5) is 4.39 Å². The first-order valence-electron chi connectivity index (χ1n) is 11.2. The van der Waals surface area contributed by atoms with Gasteiger partial charge >= 0.3 is 0 Å². The Balaban J connectivity index is 1.53. The molecule has 0 radical (unpaired) electrons. The molecule has 0 bridgehead atoms. The quantitative estimate of drug-likeness (QED) is 0.325. The summed E-state index contributed by atoms with van der Waals surface area (Å²) in [5, 5.41) is 11.3. The zero-order chi connectivity index (χ0) is 22.1. The first kappa shape index (κ1) is 23.0. The molecule has 0 aliphatic carbocycles. The van der Waals surface area contributed by atoms with Crippen LogP contribution < -0.4 is 0 Å². The number of hydrogen-bond donors (Lipinski definition) is 1. The molecule has 0 saturated carbocycles. The Morgan fingerprint density at radius 2 is 1.94 bits per heavy atom. The van der Waals surface area contributed by atoms with Crippen LogP contribution in [-0.2, 0) is 4.74 Å². The molecule has 0 aliphatic rings. The maximum Gasteiger partial charge on any atom is 0.133 e. The van der Waals surface area contributed by atoms with Gasteiger partial charge in [-0.3, -0.25) is 4.98 Å². The Kier molecular flexibility index (Phi) is 8.60. The molecule has 1 aromatic heterocycles. The number of rotatable bonds is 11. The number of pyridine rings is 1. The van der Waals surface area contributed by atoms with Crippen molar-refractivity contribution in [3.63, 3.8) is 0 Å². The highest BCUT2D eigenvalue weighted by Gasteiger charge is 2.08. The Labute approximate surface area is 184 Å². The Morgan fingerprint density at radius 1 is 1.06 bits per heavy atom. The molecule has 0 amide bonds. The lowest BCUT2D eigenvalue weighted by Gasteiger charge is -2.12. The molecule has 31 heavy (non-hydrogen) atoms. The molecule has 2 aromatic carbocycles. The lowest BCUT2D eigenvalue weighted by Crippen LogP contribution is -2.08. The highest BCUT2D eigenvalue weighted by molar-refractivity contribution is 5.86. The second kappa shape index (κ2) is 11.6. The molecular formula is C27H32FNO2. The molecule has 3 rings (SSSR count). The fourth-order valence-electron chi connectivity index (χ4n) is 3.58. The standard InChI is InChI=1S/C27H32FNO2/c1-3-4-8-15-31-20(2)9-6-5-7-10-21-11-14-25(26(28)16-21)27-18-22-12-13-24(30)17-23(22)19-29-27/h7,10-14,16-20,30H,3-6,8-9,15H2,1-2H3/b10-7+. The van der Waals surface area contributed by atoms with Crippen molar-refractivity contribution in [2.24, 2.45) is 0 Å². The predicted molar refractivity (Wildman–Crippen MR) is 127 cm³/mol.